The molecule has 2 saturated carbocycles. The van der Waals surface area contributed by atoms with Crippen molar-refractivity contribution in [2.24, 2.45) is 11.1 Å². The number of alkyl halides is 3. The molecule has 2 fully saturated rings. The Kier molecular flexibility index (Phi) is 4.38. The second-order valence-electron chi connectivity index (χ2n) is 7.04. The van der Waals surface area contributed by atoms with Crippen molar-refractivity contribution < 1.29 is 22.8 Å². The second-order valence-corrected chi connectivity index (χ2v) is 7.04. The average molecular weight is 355 g/mol. The topological polar surface area (TPSA) is 84.2 Å². The smallest absolute Gasteiger partial charge is 0.368 e. The van der Waals surface area contributed by atoms with E-state index in [0.717, 1.165) is 25.0 Å². The first-order valence-corrected chi connectivity index (χ1v) is 8.22. The maximum atomic E-state index is 12.8. The molecule has 0 bridgehead atoms. The third kappa shape index (κ3) is 3.72. The van der Waals surface area contributed by atoms with Gasteiger partial charge in [-0.1, -0.05) is 18.6 Å². The zero-order chi connectivity index (χ0) is 18.2. The van der Waals surface area contributed by atoms with Gasteiger partial charge in [-0.3, -0.25) is 4.79 Å². The molecule has 3 amide bonds. The van der Waals surface area contributed by atoms with Crippen LogP contribution in [0.25, 0.3) is 0 Å². The number of nitrogens with one attached hydrogen (secondary N) is 2. The van der Waals surface area contributed by atoms with E-state index >= 15 is 0 Å². The third-order valence-electron chi connectivity index (χ3n) is 5.22. The summed E-state index contributed by atoms with van der Waals surface area (Å²) >= 11 is 0. The lowest BCUT2D eigenvalue weighted by molar-refractivity contribution is -0.137. The summed E-state index contributed by atoms with van der Waals surface area (Å²) in [7, 11) is 0. The van der Waals surface area contributed by atoms with E-state index < -0.39 is 29.7 Å². The Morgan fingerprint density at radius 2 is 1.92 bits per heavy atom. The maximum absolute atomic E-state index is 12.8. The largest absolute Gasteiger partial charge is 0.416 e. The minimum absolute atomic E-state index is 0.00143. The molecule has 0 radical (unpaired) electrons. The number of primary amides is 1. The maximum Gasteiger partial charge on any atom is 0.416 e. The van der Waals surface area contributed by atoms with Crippen LogP contribution < -0.4 is 16.4 Å². The number of nitrogens with two attached hydrogens (primary N) is 1. The number of hydrogen-bond acceptors (Lipinski definition) is 2. The summed E-state index contributed by atoms with van der Waals surface area (Å²) < 4.78 is 38.4. The number of benzene rings is 1. The number of rotatable bonds is 4. The molecule has 1 unspecified atom stereocenters. The molecule has 2 aliphatic carbocycles. The van der Waals surface area contributed by atoms with Gasteiger partial charge in [0.15, 0.2) is 0 Å². The van der Waals surface area contributed by atoms with E-state index in [2.05, 4.69) is 10.6 Å². The molecular weight excluding hydrogens is 335 g/mol. The average Bonchev–Trinajstić information content (AvgIpc) is 2.45. The highest BCUT2D eigenvalue weighted by Gasteiger charge is 2.48. The standard InChI is InChI=1S/C17H20F3N3O2/c18-17(19,20)11-4-1-3-10(7-11)13(14(21)24)23-15(25)22-12-8-16(9-12)5-2-6-16/h1,3-4,7,12-13H,2,5-6,8-9H2,(H2,21,24)(H2,22,23,25). The van der Waals surface area contributed by atoms with Crippen LogP contribution in [-0.4, -0.2) is 18.0 Å². The second kappa shape index (κ2) is 6.24. The molecule has 0 heterocycles. The summed E-state index contributed by atoms with van der Waals surface area (Å²) in [6, 6.07) is 2.35. The lowest BCUT2D eigenvalue weighted by atomic mass is 9.54. The first-order chi connectivity index (χ1) is 11.7. The van der Waals surface area contributed by atoms with Crippen LogP contribution in [0.15, 0.2) is 24.3 Å². The normalized spacial score (nSPS) is 20.3. The molecule has 1 aromatic carbocycles. The van der Waals surface area contributed by atoms with E-state index in [0.29, 0.717) is 5.41 Å². The zero-order valence-electron chi connectivity index (χ0n) is 13.5. The molecule has 8 heteroatoms. The summed E-state index contributed by atoms with van der Waals surface area (Å²) in [6.45, 7) is 0. The van der Waals surface area contributed by atoms with Crippen molar-refractivity contribution in [1.29, 1.82) is 0 Å². The predicted octanol–water partition coefficient (Wildman–Crippen LogP) is 2.86. The Morgan fingerprint density at radius 3 is 2.44 bits per heavy atom. The molecule has 2 aliphatic rings. The molecule has 1 aromatic rings. The van der Waals surface area contributed by atoms with Gasteiger partial charge < -0.3 is 16.4 Å². The van der Waals surface area contributed by atoms with Gasteiger partial charge in [0.1, 0.15) is 6.04 Å². The van der Waals surface area contributed by atoms with Crippen molar-refractivity contribution in [2.75, 3.05) is 0 Å². The van der Waals surface area contributed by atoms with Crippen LogP contribution in [0.1, 0.15) is 49.3 Å². The van der Waals surface area contributed by atoms with Gasteiger partial charge in [-0.2, -0.15) is 13.2 Å². The van der Waals surface area contributed by atoms with Crippen LogP contribution in [0.5, 0.6) is 0 Å². The van der Waals surface area contributed by atoms with Gasteiger partial charge in [-0.15, -0.1) is 0 Å². The molecule has 0 aliphatic heterocycles. The number of carbonyl (C=O) groups excluding carboxylic acids is 2. The Morgan fingerprint density at radius 1 is 1.24 bits per heavy atom. The van der Waals surface area contributed by atoms with Gasteiger partial charge in [0.2, 0.25) is 5.91 Å². The van der Waals surface area contributed by atoms with E-state index in [1.807, 2.05) is 0 Å². The van der Waals surface area contributed by atoms with E-state index in [-0.39, 0.29) is 11.6 Å². The van der Waals surface area contributed by atoms with Crippen molar-refractivity contribution in [1.82, 2.24) is 10.6 Å². The van der Waals surface area contributed by atoms with Crippen molar-refractivity contribution in [3.8, 4) is 0 Å². The fourth-order valence-electron chi connectivity index (χ4n) is 3.74. The highest BCUT2D eigenvalue weighted by atomic mass is 19.4. The van der Waals surface area contributed by atoms with Crippen molar-refractivity contribution >= 4 is 11.9 Å². The highest BCUT2D eigenvalue weighted by molar-refractivity contribution is 5.87. The first-order valence-electron chi connectivity index (χ1n) is 8.22. The van der Waals surface area contributed by atoms with Crippen LogP contribution in [0, 0.1) is 5.41 Å². The van der Waals surface area contributed by atoms with E-state index in [9.17, 15) is 22.8 Å². The Bertz CT molecular complexity index is 678. The summed E-state index contributed by atoms with van der Waals surface area (Å²) in [4.78, 5) is 23.7. The fourth-order valence-corrected chi connectivity index (χ4v) is 3.74. The first kappa shape index (κ1) is 17.6. The van der Waals surface area contributed by atoms with Crippen LogP contribution in [-0.2, 0) is 11.0 Å². The molecule has 4 N–H and O–H groups in total. The van der Waals surface area contributed by atoms with Crippen molar-refractivity contribution in [3.63, 3.8) is 0 Å². The zero-order valence-corrected chi connectivity index (χ0v) is 13.5. The van der Waals surface area contributed by atoms with Crippen molar-refractivity contribution in [2.45, 2.75) is 50.4 Å². The predicted molar refractivity (Wildman–Crippen MR) is 84.4 cm³/mol. The van der Waals surface area contributed by atoms with Gasteiger partial charge in [0, 0.05) is 6.04 Å². The Hall–Kier alpha value is -2.25. The van der Waals surface area contributed by atoms with Gasteiger partial charge in [0.25, 0.3) is 0 Å². The lowest BCUT2D eigenvalue weighted by Gasteiger charge is -2.54. The van der Waals surface area contributed by atoms with E-state index in [1.54, 1.807) is 0 Å². The molecule has 0 saturated heterocycles. The number of hydrogen-bond donors (Lipinski definition) is 3. The molecule has 0 aromatic heterocycles. The SMILES string of the molecule is NC(=O)C(NC(=O)NC1CC2(CCC2)C1)c1cccc(C(F)(F)F)c1. The summed E-state index contributed by atoms with van der Waals surface area (Å²) in [6.07, 6.45) is 0.861. The lowest BCUT2D eigenvalue weighted by Crippen LogP contribution is -2.56. The molecular formula is C17H20F3N3O2. The third-order valence-corrected chi connectivity index (χ3v) is 5.22. The molecule has 5 nitrogen and oxygen atoms in total. The van der Waals surface area contributed by atoms with Gasteiger partial charge >= 0.3 is 12.2 Å². The number of halogens is 3. The summed E-state index contributed by atoms with van der Waals surface area (Å²) in [5.74, 6) is -0.918. The molecule has 25 heavy (non-hydrogen) atoms. The van der Waals surface area contributed by atoms with Gasteiger partial charge in [-0.25, -0.2) is 4.79 Å². The molecule has 3 rings (SSSR count). The molecule has 136 valence electrons. The van der Waals surface area contributed by atoms with Gasteiger partial charge in [-0.05, 0) is 48.8 Å². The van der Waals surface area contributed by atoms with Crippen LogP contribution in [0.4, 0.5) is 18.0 Å². The summed E-state index contributed by atoms with van der Waals surface area (Å²) in [5.41, 5.74) is 4.74. The monoisotopic (exact) mass is 355 g/mol. The molecule has 1 atom stereocenters. The van der Waals surface area contributed by atoms with Crippen LogP contribution in [0.2, 0.25) is 0 Å². The highest BCUT2D eigenvalue weighted by Crippen LogP contribution is 2.55. The number of carbonyl (C=O) groups is 2. The fraction of sp³-hybridized carbons (Fsp3) is 0.529. The molecule has 1 spiro atoms. The minimum atomic E-state index is -4.54. The minimum Gasteiger partial charge on any atom is -0.368 e. The number of amides is 3. The quantitative estimate of drug-likeness (QED) is 0.776. The van der Waals surface area contributed by atoms with Crippen molar-refractivity contribution in [3.05, 3.63) is 35.4 Å². The summed E-state index contributed by atoms with van der Waals surface area (Å²) in [5, 5.41) is 5.14. The van der Waals surface area contributed by atoms with E-state index in [4.69, 9.17) is 5.73 Å². The Balaban J connectivity index is 1.63. The van der Waals surface area contributed by atoms with Crippen LogP contribution in [0.3, 0.4) is 0 Å². The number of urea groups is 1. The van der Waals surface area contributed by atoms with Crippen LogP contribution >= 0.6 is 0 Å². The Labute approximate surface area is 143 Å². The van der Waals surface area contributed by atoms with Gasteiger partial charge in [0.05, 0.1) is 5.56 Å². The van der Waals surface area contributed by atoms with E-state index in [1.165, 1.54) is 31.4 Å².